The Morgan fingerprint density at radius 3 is 2.50 bits per heavy atom. The summed E-state index contributed by atoms with van der Waals surface area (Å²) in [6.45, 7) is 8.31. The molecule has 2 unspecified atom stereocenters. The van der Waals surface area contributed by atoms with Crippen molar-refractivity contribution in [2.75, 3.05) is 19.6 Å². The first-order valence-corrected chi connectivity index (χ1v) is 8.33. The Balaban J connectivity index is 1.87. The standard InChI is InChI=1S/C18H30N2/c1-3-4-12-18(17-10-6-5-7-11-17)19-15-16(2)20-13-8-9-14-20/h5-7,10-11,16,18-19H,3-4,8-9,12-15H2,1-2H3. The largest absolute Gasteiger partial charge is 0.308 e. The molecule has 1 fully saturated rings. The Morgan fingerprint density at radius 2 is 1.85 bits per heavy atom. The maximum absolute atomic E-state index is 3.81. The first-order chi connectivity index (χ1) is 9.81. The molecule has 1 N–H and O–H groups in total. The third-order valence-corrected chi connectivity index (χ3v) is 4.47. The van der Waals surface area contributed by atoms with E-state index in [2.05, 4.69) is 54.4 Å². The molecule has 20 heavy (non-hydrogen) atoms. The van der Waals surface area contributed by atoms with Gasteiger partial charge in [0.15, 0.2) is 0 Å². The SMILES string of the molecule is CCCCC(NCC(C)N1CCCC1)c1ccccc1. The zero-order valence-corrected chi connectivity index (χ0v) is 13.1. The zero-order chi connectivity index (χ0) is 14.2. The lowest BCUT2D eigenvalue weighted by Crippen LogP contribution is -2.39. The van der Waals surface area contributed by atoms with Crippen molar-refractivity contribution in [3.05, 3.63) is 35.9 Å². The highest BCUT2D eigenvalue weighted by Crippen LogP contribution is 2.20. The van der Waals surface area contributed by atoms with Crippen LogP contribution in [0.5, 0.6) is 0 Å². The van der Waals surface area contributed by atoms with Crippen molar-refractivity contribution < 1.29 is 0 Å². The van der Waals surface area contributed by atoms with Crippen LogP contribution in [0.3, 0.4) is 0 Å². The van der Waals surface area contributed by atoms with E-state index in [4.69, 9.17) is 0 Å². The van der Waals surface area contributed by atoms with Crippen LogP contribution in [-0.2, 0) is 0 Å². The lowest BCUT2D eigenvalue weighted by molar-refractivity contribution is 0.244. The van der Waals surface area contributed by atoms with Crippen molar-refractivity contribution >= 4 is 0 Å². The van der Waals surface area contributed by atoms with E-state index < -0.39 is 0 Å². The average molecular weight is 274 g/mol. The van der Waals surface area contributed by atoms with Crippen LogP contribution in [0.15, 0.2) is 30.3 Å². The van der Waals surface area contributed by atoms with Gasteiger partial charge in [-0.2, -0.15) is 0 Å². The molecule has 1 aliphatic heterocycles. The Hall–Kier alpha value is -0.860. The molecule has 0 radical (unpaired) electrons. The molecule has 1 aromatic carbocycles. The van der Waals surface area contributed by atoms with E-state index >= 15 is 0 Å². The maximum Gasteiger partial charge on any atom is 0.0320 e. The Labute approximate surface area is 124 Å². The topological polar surface area (TPSA) is 15.3 Å². The predicted octanol–water partition coefficient (Wildman–Crippen LogP) is 3.99. The van der Waals surface area contributed by atoms with E-state index in [0.29, 0.717) is 12.1 Å². The molecule has 1 saturated heterocycles. The van der Waals surface area contributed by atoms with Crippen molar-refractivity contribution in [1.82, 2.24) is 10.2 Å². The molecule has 0 spiro atoms. The van der Waals surface area contributed by atoms with E-state index in [1.807, 2.05) is 0 Å². The Kier molecular flexibility index (Phi) is 6.55. The van der Waals surface area contributed by atoms with Gasteiger partial charge in [-0.1, -0.05) is 50.1 Å². The number of nitrogens with zero attached hydrogens (tertiary/aromatic N) is 1. The van der Waals surface area contributed by atoms with Gasteiger partial charge in [0.1, 0.15) is 0 Å². The van der Waals surface area contributed by atoms with Gasteiger partial charge >= 0.3 is 0 Å². The van der Waals surface area contributed by atoms with Crippen molar-refractivity contribution in [3.63, 3.8) is 0 Å². The summed E-state index contributed by atoms with van der Waals surface area (Å²) in [4.78, 5) is 2.62. The maximum atomic E-state index is 3.81. The molecule has 2 heteroatoms. The van der Waals surface area contributed by atoms with Crippen LogP contribution >= 0.6 is 0 Å². The van der Waals surface area contributed by atoms with Gasteiger partial charge in [0.05, 0.1) is 0 Å². The van der Waals surface area contributed by atoms with Gasteiger partial charge in [0.2, 0.25) is 0 Å². The van der Waals surface area contributed by atoms with Crippen LogP contribution in [0, 0.1) is 0 Å². The highest BCUT2D eigenvalue weighted by Gasteiger charge is 2.19. The summed E-state index contributed by atoms with van der Waals surface area (Å²) in [5.41, 5.74) is 1.44. The van der Waals surface area contributed by atoms with Crippen LogP contribution < -0.4 is 5.32 Å². The predicted molar refractivity (Wildman–Crippen MR) is 87.0 cm³/mol. The fraction of sp³-hybridized carbons (Fsp3) is 0.667. The van der Waals surface area contributed by atoms with E-state index in [1.165, 1.54) is 50.8 Å². The van der Waals surface area contributed by atoms with E-state index in [1.54, 1.807) is 0 Å². The zero-order valence-electron chi connectivity index (χ0n) is 13.1. The van der Waals surface area contributed by atoms with Crippen LogP contribution in [0.25, 0.3) is 0 Å². The Morgan fingerprint density at radius 1 is 1.15 bits per heavy atom. The highest BCUT2D eigenvalue weighted by atomic mass is 15.2. The number of unbranched alkanes of at least 4 members (excludes halogenated alkanes) is 1. The van der Waals surface area contributed by atoms with E-state index in [-0.39, 0.29) is 0 Å². The molecule has 0 amide bonds. The number of hydrogen-bond acceptors (Lipinski definition) is 2. The molecular weight excluding hydrogens is 244 g/mol. The van der Waals surface area contributed by atoms with E-state index in [0.717, 1.165) is 6.54 Å². The number of nitrogens with one attached hydrogen (secondary N) is 1. The molecule has 1 aromatic rings. The minimum atomic E-state index is 0.515. The van der Waals surface area contributed by atoms with Gasteiger partial charge in [0, 0.05) is 18.6 Å². The van der Waals surface area contributed by atoms with Crippen LogP contribution in [-0.4, -0.2) is 30.6 Å². The molecule has 112 valence electrons. The molecule has 0 bridgehead atoms. The second kappa shape index (κ2) is 8.43. The van der Waals surface area contributed by atoms with Crippen molar-refractivity contribution in [1.29, 1.82) is 0 Å². The molecular formula is C18H30N2. The summed E-state index contributed by atoms with van der Waals surface area (Å²) in [6.07, 6.45) is 6.56. The van der Waals surface area contributed by atoms with Crippen molar-refractivity contribution in [2.24, 2.45) is 0 Å². The third-order valence-electron chi connectivity index (χ3n) is 4.47. The molecule has 0 aromatic heterocycles. The summed E-state index contributed by atoms with van der Waals surface area (Å²) in [7, 11) is 0. The molecule has 0 saturated carbocycles. The summed E-state index contributed by atoms with van der Waals surface area (Å²) >= 11 is 0. The van der Waals surface area contributed by atoms with Gasteiger partial charge in [-0.25, -0.2) is 0 Å². The summed E-state index contributed by atoms with van der Waals surface area (Å²) in [5, 5.41) is 3.81. The van der Waals surface area contributed by atoms with Crippen LogP contribution in [0.1, 0.15) is 57.6 Å². The molecule has 0 aliphatic carbocycles. The number of benzene rings is 1. The minimum Gasteiger partial charge on any atom is -0.308 e. The summed E-state index contributed by atoms with van der Waals surface area (Å²) < 4.78 is 0. The second-order valence-electron chi connectivity index (χ2n) is 6.11. The minimum absolute atomic E-state index is 0.515. The average Bonchev–Trinajstić information content (AvgIpc) is 3.02. The quantitative estimate of drug-likeness (QED) is 0.771. The fourth-order valence-corrected chi connectivity index (χ4v) is 3.10. The highest BCUT2D eigenvalue weighted by molar-refractivity contribution is 5.18. The van der Waals surface area contributed by atoms with Crippen LogP contribution in [0.4, 0.5) is 0 Å². The number of hydrogen-bond donors (Lipinski definition) is 1. The molecule has 1 aliphatic rings. The first kappa shape index (κ1) is 15.5. The fourth-order valence-electron chi connectivity index (χ4n) is 3.10. The molecule has 1 heterocycles. The van der Waals surface area contributed by atoms with Gasteiger partial charge in [-0.3, -0.25) is 4.90 Å². The Bertz CT molecular complexity index is 357. The lowest BCUT2D eigenvalue weighted by Gasteiger charge is -2.27. The lowest BCUT2D eigenvalue weighted by atomic mass is 10.0. The van der Waals surface area contributed by atoms with Gasteiger partial charge < -0.3 is 5.32 Å². The molecule has 2 nitrogen and oxygen atoms in total. The normalized spacial score (nSPS) is 19.1. The first-order valence-electron chi connectivity index (χ1n) is 8.33. The van der Waals surface area contributed by atoms with Crippen LogP contribution in [0.2, 0.25) is 0 Å². The third kappa shape index (κ3) is 4.60. The van der Waals surface area contributed by atoms with Gasteiger partial charge in [-0.15, -0.1) is 0 Å². The smallest absolute Gasteiger partial charge is 0.0320 e. The second-order valence-corrected chi connectivity index (χ2v) is 6.11. The van der Waals surface area contributed by atoms with Gasteiger partial charge in [-0.05, 0) is 44.8 Å². The van der Waals surface area contributed by atoms with Crippen molar-refractivity contribution in [3.8, 4) is 0 Å². The summed E-state index contributed by atoms with van der Waals surface area (Å²) in [5.74, 6) is 0. The number of rotatable bonds is 8. The summed E-state index contributed by atoms with van der Waals surface area (Å²) in [6, 6.07) is 12.1. The molecule has 2 atom stereocenters. The van der Waals surface area contributed by atoms with Gasteiger partial charge in [0.25, 0.3) is 0 Å². The van der Waals surface area contributed by atoms with E-state index in [9.17, 15) is 0 Å². The van der Waals surface area contributed by atoms with Crippen molar-refractivity contribution in [2.45, 2.75) is 58.0 Å². The monoisotopic (exact) mass is 274 g/mol. The molecule has 2 rings (SSSR count). The number of likely N-dealkylation sites (tertiary alicyclic amines) is 1.